The molecule has 0 aliphatic carbocycles. The van der Waals surface area contributed by atoms with Gasteiger partial charge in [0.25, 0.3) is 0 Å². The highest BCUT2D eigenvalue weighted by Gasteiger charge is 2.41. The van der Waals surface area contributed by atoms with Crippen molar-refractivity contribution < 1.29 is 106 Å². The molecular formula is C65H117F3N20O19. The van der Waals surface area contributed by atoms with Crippen LogP contribution in [0, 0.1) is 41.4 Å². The number of carbonyl (C=O) groups is 15. The largest absolute Gasteiger partial charge is 0.490 e. The van der Waals surface area contributed by atoms with Crippen molar-refractivity contribution in [1.82, 2.24) is 69.1 Å². The number of nitrogens with zero attached hydrogens (tertiary/aromatic N) is 2. The van der Waals surface area contributed by atoms with Gasteiger partial charge in [-0.15, -0.1) is 0 Å². The van der Waals surface area contributed by atoms with Gasteiger partial charge in [-0.05, 0) is 73.5 Å². The fraction of sp³-hybridized carbons (Fsp3) is 0.738. The van der Waals surface area contributed by atoms with Gasteiger partial charge < -0.3 is 118 Å². The standard InChI is InChI=1S/C63H116N20O17.C2HF3O2/c1-15-34(12)48(58(96)76-39(24-30(4)5)53(91)77-40(28-84)51(89)71-26-44(88)74-38(61(99)100)21-19-23-70-63(67)68)83-60(98)49(35(13)16-2)81-52(90)37(20-18-22-69-62(65)66)73-43(87)27-72-55(93)45(31(6)7)79-59(97)50(36(14)17-3)82-57(95)47(33(10)11)80-56(94)46(32(8)9)78-54(92)41(29-85)75-42(86)25-64;3-2(4,5)1(6)7/h30-41,45-50,84-85H,15-29,64H2,1-14H3,(H,71,89)(H,72,93)(H,73,87)(H,74,88)(H,75,86)(H,76,96)(H,77,91)(H,78,92)(H,79,97)(H,80,94)(H,81,90)(H,82,95)(H,83,98)(H,99,100)(H4,65,66,69)(H4,67,68,70);(H,6,7)/t34-,35-,36-,37-,38-,39-,40-,41-,45-,46-,47-,48-,49-,50-;/m0./s1. The summed E-state index contributed by atoms with van der Waals surface area (Å²) in [5, 5.41) is 69.4. The normalized spacial score (nSPS) is 15.1. The van der Waals surface area contributed by atoms with Crippen molar-refractivity contribution in [2.75, 3.05) is 45.9 Å². The van der Waals surface area contributed by atoms with Crippen LogP contribution >= 0.6 is 0 Å². The third-order valence-corrected chi connectivity index (χ3v) is 16.6. The average Bonchev–Trinajstić information content (AvgIpc) is 0.839. The highest BCUT2D eigenvalue weighted by Crippen LogP contribution is 2.18. The molecule has 14 atom stereocenters. The number of carboxylic acids is 2. The lowest BCUT2D eigenvalue weighted by Crippen LogP contribution is -2.62. The molecule has 13 amide bonds. The Labute approximate surface area is 620 Å². The molecule has 0 aromatic carbocycles. The molecule has 0 heterocycles. The van der Waals surface area contributed by atoms with Gasteiger partial charge in [-0.1, -0.05) is 116 Å². The van der Waals surface area contributed by atoms with Crippen LogP contribution in [-0.4, -0.2) is 240 Å². The lowest BCUT2D eigenvalue weighted by Gasteiger charge is -2.31. The predicted molar refractivity (Wildman–Crippen MR) is 384 cm³/mol. The van der Waals surface area contributed by atoms with Crippen molar-refractivity contribution in [3.63, 3.8) is 0 Å². The SMILES string of the molecule is CC[C@H](C)[C@H](NC(=O)[C@H](CCCN=C(N)N)NC(=O)CNC(=O)[C@@H](NC(=O)[C@@H](NC(=O)[C@@H](NC(=O)[C@@H](NC(=O)[C@H](CO)NC(=O)CN)C(C)C)C(C)C)[C@@H](C)CC)C(C)C)C(=O)N[C@H](C(=O)N[C@@H](CC(C)C)C(=O)N[C@@H](CO)C(=O)NCC(=O)N[C@@H](CCCN=C(N)N)C(=O)O)[C@@H](C)CC.O=C(O)C(F)(F)F. The van der Waals surface area contributed by atoms with Crippen molar-refractivity contribution >= 4 is 101 Å². The smallest absolute Gasteiger partial charge is 0.480 e. The summed E-state index contributed by atoms with van der Waals surface area (Å²) in [6, 6.07) is -15.0. The summed E-state index contributed by atoms with van der Waals surface area (Å²) in [4.78, 5) is 206. The van der Waals surface area contributed by atoms with Gasteiger partial charge in [-0.2, -0.15) is 13.2 Å². The second kappa shape index (κ2) is 50.7. The van der Waals surface area contributed by atoms with E-state index in [0.717, 1.165) is 0 Å². The van der Waals surface area contributed by atoms with Crippen molar-refractivity contribution in [3.8, 4) is 0 Å². The number of nitrogens with one attached hydrogen (secondary N) is 13. The minimum Gasteiger partial charge on any atom is -0.480 e. The first kappa shape index (κ1) is 99.3. The van der Waals surface area contributed by atoms with E-state index in [2.05, 4.69) is 79.1 Å². The van der Waals surface area contributed by atoms with Crippen molar-refractivity contribution in [2.45, 2.75) is 221 Å². The van der Waals surface area contributed by atoms with E-state index in [1.165, 1.54) is 0 Å². The van der Waals surface area contributed by atoms with Crippen LogP contribution in [0.2, 0.25) is 0 Å². The zero-order chi connectivity index (χ0) is 82.9. The van der Waals surface area contributed by atoms with Crippen LogP contribution in [0.1, 0.15) is 148 Å². The van der Waals surface area contributed by atoms with Gasteiger partial charge in [0.05, 0.1) is 32.8 Å². The Morgan fingerprint density at radius 3 is 1.02 bits per heavy atom. The molecule has 0 saturated carbocycles. The maximum Gasteiger partial charge on any atom is 0.490 e. The number of amides is 13. The highest BCUT2D eigenvalue weighted by atomic mass is 19.4. The minimum absolute atomic E-state index is 0.00495. The Balaban J connectivity index is 0. The van der Waals surface area contributed by atoms with Gasteiger partial charge in [0.15, 0.2) is 11.9 Å². The van der Waals surface area contributed by atoms with Gasteiger partial charge in [-0.25, -0.2) is 9.59 Å². The predicted octanol–water partition coefficient (Wildman–Crippen LogP) is -5.53. The monoisotopic (exact) mass is 1540 g/mol. The van der Waals surface area contributed by atoms with Gasteiger partial charge in [0, 0.05) is 13.1 Å². The van der Waals surface area contributed by atoms with Crippen LogP contribution in [-0.2, 0) is 71.9 Å². The zero-order valence-corrected chi connectivity index (χ0v) is 63.3. The molecule has 0 aromatic heterocycles. The highest BCUT2D eigenvalue weighted by molar-refractivity contribution is 6.00. The molecule has 27 N–H and O–H groups in total. The molecule has 0 saturated heterocycles. The molecule has 107 heavy (non-hydrogen) atoms. The van der Waals surface area contributed by atoms with Crippen LogP contribution in [0.3, 0.4) is 0 Å². The Bertz CT molecular complexity index is 3010. The molecule has 0 aliphatic rings. The van der Waals surface area contributed by atoms with E-state index in [0.29, 0.717) is 19.3 Å². The number of aliphatic imine (C=N–C) groups is 2. The summed E-state index contributed by atoms with van der Waals surface area (Å²) >= 11 is 0. The molecule has 0 rings (SSSR count). The lowest BCUT2D eigenvalue weighted by molar-refractivity contribution is -0.192. The first-order valence-electron chi connectivity index (χ1n) is 35.1. The van der Waals surface area contributed by atoms with Gasteiger partial charge in [-0.3, -0.25) is 72.3 Å². The summed E-state index contributed by atoms with van der Waals surface area (Å²) in [6.07, 6.45) is -3.96. The molecular weight excluding hydrogens is 1420 g/mol. The number of aliphatic hydroxyl groups is 2. The number of guanidine groups is 2. The van der Waals surface area contributed by atoms with Crippen molar-refractivity contribution in [2.24, 2.45) is 80.1 Å². The summed E-state index contributed by atoms with van der Waals surface area (Å²) in [7, 11) is 0. The molecule has 612 valence electrons. The van der Waals surface area contributed by atoms with E-state index in [-0.39, 0.29) is 63.0 Å². The molecule has 42 heteroatoms. The first-order valence-corrected chi connectivity index (χ1v) is 35.1. The van der Waals surface area contributed by atoms with E-state index in [4.69, 9.17) is 38.6 Å². The zero-order valence-electron chi connectivity index (χ0n) is 63.3. The molecule has 0 spiro atoms. The Hall–Kier alpha value is -9.74. The van der Waals surface area contributed by atoms with Crippen molar-refractivity contribution in [1.29, 1.82) is 0 Å². The number of carboxylic acid groups (broad SMARTS) is 2. The number of rotatable bonds is 48. The Morgan fingerprint density at radius 2 is 0.673 bits per heavy atom. The molecule has 0 unspecified atom stereocenters. The second-order valence-electron chi connectivity index (χ2n) is 27.0. The number of aliphatic hydroxyl groups excluding tert-OH is 2. The molecule has 0 aliphatic heterocycles. The van der Waals surface area contributed by atoms with Gasteiger partial charge in [0.2, 0.25) is 76.8 Å². The number of alkyl halides is 3. The average molecular weight is 1540 g/mol. The number of halogens is 3. The van der Waals surface area contributed by atoms with E-state index in [9.17, 15) is 95.6 Å². The lowest BCUT2D eigenvalue weighted by atomic mass is 9.94. The minimum atomic E-state index is -5.08. The number of nitrogens with two attached hydrogens (primary N) is 5. The molecule has 0 bridgehead atoms. The van der Waals surface area contributed by atoms with Crippen LogP contribution in [0.5, 0.6) is 0 Å². The summed E-state index contributed by atoms with van der Waals surface area (Å²) in [5.74, 6) is -19.4. The summed E-state index contributed by atoms with van der Waals surface area (Å²) in [6.45, 7) is 19.9. The van der Waals surface area contributed by atoms with Crippen LogP contribution in [0.25, 0.3) is 0 Å². The maximum absolute atomic E-state index is 14.5. The number of hydrogen-bond donors (Lipinski definition) is 22. The number of hydrogen-bond acceptors (Lipinski definition) is 20. The maximum atomic E-state index is 14.5. The van der Waals surface area contributed by atoms with Crippen LogP contribution in [0.15, 0.2) is 9.98 Å². The Morgan fingerprint density at radius 1 is 0.383 bits per heavy atom. The second-order valence-corrected chi connectivity index (χ2v) is 27.0. The topological polar surface area (TPSA) is 648 Å². The quantitative estimate of drug-likeness (QED) is 0.0153. The summed E-state index contributed by atoms with van der Waals surface area (Å²) in [5.41, 5.74) is 27.0. The van der Waals surface area contributed by atoms with Crippen molar-refractivity contribution in [3.05, 3.63) is 0 Å². The number of aliphatic carboxylic acids is 2. The van der Waals surface area contributed by atoms with Crippen LogP contribution in [0.4, 0.5) is 13.2 Å². The third-order valence-electron chi connectivity index (χ3n) is 16.6. The van der Waals surface area contributed by atoms with E-state index >= 15 is 0 Å². The van der Waals surface area contributed by atoms with E-state index in [1.54, 1.807) is 96.9 Å². The first-order chi connectivity index (χ1) is 49.7. The fourth-order valence-corrected chi connectivity index (χ4v) is 9.66. The van der Waals surface area contributed by atoms with Crippen LogP contribution < -0.4 is 97.8 Å². The Kier molecular flexibility index (Phi) is 47.1. The van der Waals surface area contributed by atoms with E-state index in [1.807, 2.05) is 0 Å². The molecule has 39 nitrogen and oxygen atoms in total. The molecule has 0 fully saturated rings. The van der Waals surface area contributed by atoms with E-state index < -0.39 is 230 Å². The third kappa shape index (κ3) is 38.9. The summed E-state index contributed by atoms with van der Waals surface area (Å²) < 4.78 is 31.7. The van der Waals surface area contributed by atoms with Gasteiger partial charge >= 0.3 is 18.1 Å². The molecule has 0 aromatic rings. The number of carbonyl (C=O) groups excluding carboxylic acids is 13. The van der Waals surface area contributed by atoms with Gasteiger partial charge in [0.1, 0.15) is 66.5 Å². The molecule has 0 radical (unpaired) electrons. The fourth-order valence-electron chi connectivity index (χ4n) is 9.66.